The second kappa shape index (κ2) is 7.13. The summed E-state index contributed by atoms with van der Waals surface area (Å²) in [5.74, 6) is 0.617. The molecule has 0 saturated carbocycles. The van der Waals surface area contributed by atoms with Crippen LogP contribution in [0, 0.1) is 5.92 Å². The fourth-order valence-electron chi connectivity index (χ4n) is 0.803. The number of hydrogen-bond donors (Lipinski definition) is 2. The zero-order chi connectivity index (χ0) is 10.3. The van der Waals surface area contributed by atoms with Crippen LogP contribution in [0.4, 0.5) is 0 Å². The Kier molecular flexibility index (Phi) is 6.96. The van der Waals surface area contributed by atoms with Gasteiger partial charge in [-0.1, -0.05) is 27.2 Å². The summed E-state index contributed by atoms with van der Waals surface area (Å²) in [7, 11) is 0. The molecule has 0 aromatic rings. The molecule has 0 radical (unpaired) electrons. The molecule has 1 atom stereocenters. The molecule has 0 spiro atoms. The highest BCUT2D eigenvalue weighted by molar-refractivity contribution is 7.80. The van der Waals surface area contributed by atoms with E-state index in [4.69, 9.17) is 12.2 Å². The lowest BCUT2D eigenvalue weighted by Crippen LogP contribution is -2.42. The topological polar surface area (TPSA) is 24.1 Å². The molecular weight excluding hydrogens is 180 g/mol. The van der Waals surface area contributed by atoms with Crippen molar-refractivity contribution >= 4 is 17.3 Å². The fraction of sp³-hybridized carbons (Fsp3) is 0.900. The van der Waals surface area contributed by atoms with Crippen LogP contribution < -0.4 is 10.6 Å². The van der Waals surface area contributed by atoms with Gasteiger partial charge in [0.25, 0.3) is 0 Å². The van der Waals surface area contributed by atoms with Crippen molar-refractivity contribution in [2.45, 2.75) is 46.6 Å². The normalized spacial score (nSPS) is 12.7. The third-order valence-electron chi connectivity index (χ3n) is 2.17. The van der Waals surface area contributed by atoms with E-state index in [-0.39, 0.29) is 0 Å². The Morgan fingerprint density at radius 1 is 1.31 bits per heavy atom. The third-order valence-corrected chi connectivity index (χ3v) is 2.44. The first kappa shape index (κ1) is 12.7. The van der Waals surface area contributed by atoms with E-state index in [1.807, 2.05) is 0 Å². The molecule has 0 aliphatic heterocycles. The van der Waals surface area contributed by atoms with Crippen LogP contribution in [0.2, 0.25) is 0 Å². The molecule has 0 heterocycles. The summed E-state index contributed by atoms with van der Waals surface area (Å²) in [6.45, 7) is 9.68. The molecule has 78 valence electrons. The van der Waals surface area contributed by atoms with Gasteiger partial charge in [-0.3, -0.25) is 0 Å². The minimum absolute atomic E-state index is 0.446. The zero-order valence-corrected chi connectivity index (χ0v) is 10.0. The highest BCUT2D eigenvalue weighted by atomic mass is 32.1. The standard InChI is InChI=1S/C10H22N2S/c1-5-6-7-11-10(13)12-9(4)8(2)3/h8-9H,5-7H2,1-4H3,(H2,11,12,13). The molecule has 1 unspecified atom stereocenters. The zero-order valence-electron chi connectivity index (χ0n) is 9.18. The van der Waals surface area contributed by atoms with Crippen molar-refractivity contribution in [3.63, 3.8) is 0 Å². The molecule has 13 heavy (non-hydrogen) atoms. The Morgan fingerprint density at radius 2 is 1.92 bits per heavy atom. The minimum Gasteiger partial charge on any atom is -0.363 e. The second-order valence-corrected chi connectivity index (χ2v) is 4.19. The summed E-state index contributed by atoms with van der Waals surface area (Å²) in [6, 6.07) is 0.446. The van der Waals surface area contributed by atoms with Crippen molar-refractivity contribution in [2.75, 3.05) is 6.54 Å². The van der Waals surface area contributed by atoms with Gasteiger partial charge in [0.05, 0.1) is 0 Å². The lowest BCUT2D eigenvalue weighted by atomic mass is 10.1. The van der Waals surface area contributed by atoms with Crippen LogP contribution in [0.25, 0.3) is 0 Å². The molecule has 0 aliphatic rings. The van der Waals surface area contributed by atoms with Crippen molar-refractivity contribution in [3.8, 4) is 0 Å². The predicted molar refractivity (Wildman–Crippen MR) is 62.9 cm³/mol. The van der Waals surface area contributed by atoms with Gasteiger partial charge in [-0.15, -0.1) is 0 Å². The van der Waals surface area contributed by atoms with E-state index in [9.17, 15) is 0 Å². The molecule has 0 aromatic carbocycles. The van der Waals surface area contributed by atoms with E-state index in [0.717, 1.165) is 11.7 Å². The van der Waals surface area contributed by atoms with E-state index in [0.29, 0.717) is 12.0 Å². The minimum atomic E-state index is 0.446. The van der Waals surface area contributed by atoms with Crippen LogP contribution in [-0.4, -0.2) is 17.7 Å². The monoisotopic (exact) mass is 202 g/mol. The summed E-state index contributed by atoms with van der Waals surface area (Å²) in [6.07, 6.45) is 2.38. The van der Waals surface area contributed by atoms with Gasteiger partial charge in [0.1, 0.15) is 0 Å². The fourth-order valence-corrected chi connectivity index (χ4v) is 1.09. The average Bonchev–Trinajstić information content (AvgIpc) is 2.04. The highest BCUT2D eigenvalue weighted by Crippen LogP contribution is 1.98. The van der Waals surface area contributed by atoms with Crippen molar-refractivity contribution in [1.29, 1.82) is 0 Å². The maximum absolute atomic E-state index is 5.14. The van der Waals surface area contributed by atoms with E-state index < -0.39 is 0 Å². The van der Waals surface area contributed by atoms with Crippen molar-refractivity contribution in [2.24, 2.45) is 5.92 Å². The molecule has 0 aromatic heterocycles. The van der Waals surface area contributed by atoms with Crippen LogP contribution in [0.15, 0.2) is 0 Å². The first-order valence-electron chi connectivity index (χ1n) is 5.12. The van der Waals surface area contributed by atoms with Gasteiger partial charge in [0.2, 0.25) is 0 Å². The van der Waals surface area contributed by atoms with Gasteiger partial charge in [-0.2, -0.15) is 0 Å². The average molecular weight is 202 g/mol. The molecule has 0 saturated heterocycles. The van der Waals surface area contributed by atoms with E-state index in [2.05, 4.69) is 38.3 Å². The molecule has 0 fully saturated rings. The Labute approximate surface area is 87.5 Å². The summed E-state index contributed by atoms with van der Waals surface area (Å²) in [5, 5.41) is 7.23. The second-order valence-electron chi connectivity index (χ2n) is 3.79. The van der Waals surface area contributed by atoms with Crippen LogP contribution >= 0.6 is 12.2 Å². The highest BCUT2D eigenvalue weighted by Gasteiger charge is 2.06. The van der Waals surface area contributed by atoms with Gasteiger partial charge in [0, 0.05) is 12.6 Å². The first-order valence-corrected chi connectivity index (χ1v) is 5.53. The first-order chi connectivity index (χ1) is 6.07. The number of nitrogens with one attached hydrogen (secondary N) is 2. The predicted octanol–water partition coefficient (Wildman–Crippen LogP) is 2.30. The largest absolute Gasteiger partial charge is 0.363 e. The molecular formula is C10H22N2S. The molecule has 2 N–H and O–H groups in total. The number of unbranched alkanes of at least 4 members (excludes halogenated alkanes) is 1. The summed E-state index contributed by atoms with van der Waals surface area (Å²) in [5.41, 5.74) is 0. The SMILES string of the molecule is CCCCNC(=S)NC(C)C(C)C. The lowest BCUT2D eigenvalue weighted by molar-refractivity contribution is 0.484. The number of rotatable bonds is 5. The molecule has 0 rings (SSSR count). The smallest absolute Gasteiger partial charge is 0.166 e. The Hall–Kier alpha value is -0.310. The van der Waals surface area contributed by atoms with Crippen molar-refractivity contribution in [3.05, 3.63) is 0 Å². The molecule has 0 aliphatic carbocycles. The Bertz CT molecular complexity index is 146. The summed E-state index contributed by atoms with van der Waals surface area (Å²) >= 11 is 5.14. The van der Waals surface area contributed by atoms with E-state index >= 15 is 0 Å². The van der Waals surface area contributed by atoms with Gasteiger partial charge >= 0.3 is 0 Å². The maximum Gasteiger partial charge on any atom is 0.166 e. The molecule has 0 bridgehead atoms. The maximum atomic E-state index is 5.14. The van der Waals surface area contributed by atoms with E-state index in [1.54, 1.807) is 0 Å². The van der Waals surface area contributed by atoms with Crippen LogP contribution in [0.3, 0.4) is 0 Å². The lowest BCUT2D eigenvalue weighted by Gasteiger charge is -2.19. The molecule has 0 amide bonds. The van der Waals surface area contributed by atoms with Gasteiger partial charge in [0.15, 0.2) is 5.11 Å². The summed E-state index contributed by atoms with van der Waals surface area (Å²) in [4.78, 5) is 0. The summed E-state index contributed by atoms with van der Waals surface area (Å²) < 4.78 is 0. The quantitative estimate of drug-likeness (QED) is 0.528. The molecule has 2 nitrogen and oxygen atoms in total. The van der Waals surface area contributed by atoms with Crippen molar-refractivity contribution < 1.29 is 0 Å². The third kappa shape index (κ3) is 6.82. The van der Waals surface area contributed by atoms with Gasteiger partial charge in [-0.05, 0) is 31.5 Å². The van der Waals surface area contributed by atoms with Crippen LogP contribution in [0.1, 0.15) is 40.5 Å². The van der Waals surface area contributed by atoms with Gasteiger partial charge in [-0.25, -0.2) is 0 Å². The van der Waals surface area contributed by atoms with E-state index in [1.165, 1.54) is 12.8 Å². The van der Waals surface area contributed by atoms with Crippen molar-refractivity contribution in [1.82, 2.24) is 10.6 Å². The van der Waals surface area contributed by atoms with Gasteiger partial charge < -0.3 is 10.6 Å². The Balaban J connectivity index is 3.50. The van der Waals surface area contributed by atoms with Crippen LogP contribution in [0.5, 0.6) is 0 Å². The molecule has 3 heteroatoms. The van der Waals surface area contributed by atoms with Crippen LogP contribution in [-0.2, 0) is 0 Å². The Morgan fingerprint density at radius 3 is 2.38 bits per heavy atom. The number of hydrogen-bond acceptors (Lipinski definition) is 1. The number of thiocarbonyl (C=S) groups is 1.